The SMILES string of the molecule is CCCC1CC(CN)(N(C)Cc2ccoc2)CCO1. The highest BCUT2D eigenvalue weighted by molar-refractivity contribution is 5.07. The van der Waals surface area contributed by atoms with Crippen molar-refractivity contribution >= 4 is 0 Å². The zero-order valence-electron chi connectivity index (χ0n) is 12.1. The smallest absolute Gasteiger partial charge is 0.0947 e. The fourth-order valence-electron chi connectivity index (χ4n) is 3.02. The second-order valence-corrected chi connectivity index (χ2v) is 5.65. The van der Waals surface area contributed by atoms with Gasteiger partial charge >= 0.3 is 0 Å². The predicted octanol–water partition coefficient (Wildman–Crippen LogP) is 2.39. The molecule has 0 spiro atoms. The van der Waals surface area contributed by atoms with E-state index >= 15 is 0 Å². The Morgan fingerprint density at radius 1 is 1.53 bits per heavy atom. The number of rotatable bonds is 6. The van der Waals surface area contributed by atoms with Gasteiger partial charge in [-0.1, -0.05) is 13.3 Å². The number of hydrogen-bond acceptors (Lipinski definition) is 4. The summed E-state index contributed by atoms with van der Waals surface area (Å²) in [5, 5.41) is 0. The second-order valence-electron chi connectivity index (χ2n) is 5.65. The molecule has 1 aliphatic heterocycles. The van der Waals surface area contributed by atoms with Gasteiger partial charge in [0.1, 0.15) is 0 Å². The number of ether oxygens (including phenoxy) is 1. The van der Waals surface area contributed by atoms with Gasteiger partial charge in [0.15, 0.2) is 0 Å². The molecule has 2 atom stereocenters. The van der Waals surface area contributed by atoms with E-state index in [4.69, 9.17) is 14.9 Å². The van der Waals surface area contributed by atoms with Crippen LogP contribution in [0.3, 0.4) is 0 Å². The Kier molecular flexibility index (Phi) is 5.02. The molecule has 0 saturated carbocycles. The molecule has 4 heteroatoms. The van der Waals surface area contributed by atoms with Crippen LogP contribution < -0.4 is 5.73 Å². The lowest BCUT2D eigenvalue weighted by Gasteiger charge is -2.46. The lowest BCUT2D eigenvalue weighted by Crippen LogP contribution is -2.56. The van der Waals surface area contributed by atoms with Crippen LogP contribution in [0.5, 0.6) is 0 Å². The van der Waals surface area contributed by atoms with E-state index in [9.17, 15) is 0 Å². The molecule has 2 N–H and O–H groups in total. The summed E-state index contributed by atoms with van der Waals surface area (Å²) < 4.78 is 11.0. The van der Waals surface area contributed by atoms with Gasteiger partial charge in [-0.25, -0.2) is 0 Å². The van der Waals surface area contributed by atoms with E-state index in [1.165, 1.54) is 5.56 Å². The van der Waals surface area contributed by atoms with Crippen LogP contribution in [0.15, 0.2) is 23.0 Å². The first-order valence-corrected chi connectivity index (χ1v) is 7.24. The monoisotopic (exact) mass is 266 g/mol. The Bertz CT molecular complexity index is 364. The van der Waals surface area contributed by atoms with Crippen molar-refractivity contribution in [2.24, 2.45) is 5.73 Å². The minimum absolute atomic E-state index is 0.0648. The van der Waals surface area contributed by atoms with Gasteiger partial charge < -0.3 is 14.9 Å². The van der Waals surface area contributed by atoms with Crippen molar-refractivity contribution in [3.63, 3.8) is 0 Å². The Balaban J connectivity index is 2.03. The van der Waals surface area contributed by atoms with E-state index in [0.29, 0.717) is 12.6 Å². The number of nitrogens with two attached hydrogens (primary N) is 1. The lowest BCUT2D eigenvalue weighted by atomic mass is 9.83. The van der Waals surface area contributed by atoms with E-state index in [-0.39, 0.29) is 5.54 Å². The van der Waals surface area contributed by atoms with Gasteiger partial charge in [0.25, 0.3) is 0 Å². The summed E-state index contributed by atoms with van der Waals surface area (Å²) in [5.41, 5.74) is 7.37. The first kappa shape index (κ1) is 14.6. The van der Waals surface area contributed by atoms with Crippen LogP contribution in [-0.2, 0) is 11.3 Å². The molecule has 1 fully saturated rings. The van der Waals surface area contributed by atoms with Crippen LogP contribution in [0.2, 0.25) is 0 Å². The van der Waals surface area contributed by atoms with Crippen molar-refractivity contribution in [1.29, 1.82) is 0 Å². The molecule has 1 aromatic rings. The maximum Gasteiger partial charge on any atom is 0.0947 e. The Morgan fingerprint density at radius 3 is 3.00 bits per heavy atom. The van der Waals surface area contributed by atoms with Gasteiger partial charge in [-0.15, -0.1) is 0 Å². The Morgan fingerprint density at radius 2 is 2.37 bits per heavy atom. The summed E-state index contributed by atoms with van der Waals surface area (Å²) in [6.07, 6.45) is 8.22. The van der Waals surface area contributed by atoms with Crippen LogP contribution in [0.4, 0.5) is 0 Å². The third-order valence-electron chi connectivity index (χ3n) is 4.33. The highest BCUT2D eigenvalue weighted by Gasteiger charge is 2.38. The Labute approximate surface area is 115 Å². The molecule has 19 heavy (non-hydrogen) atoms. The summed E-state index contributed by atoms with van der Waals surface area (Å²) in [6.45, 7) is 4.59. The number of hydrogen-bond donors (Lipinski definition) is 1. The van der Waals surface area contributed by atoms with Crippen LogP contribution in [0, 0.1) is 0 Å². The fourth-order valence-corrected chi connectivity index (χ4v) is 3.02. The molecular formula is C15H26N2O2. The molecule has 2 unspecified atom stereocenters. The van der Waals surface area contributed by atoms with Crippen LogP contribution >= 0.6 is 0 Å². The van der Waals surface area contributed by atoms with Gasteiger partial charge in [0, 0.05) is 30.8 Å². The summed E-state index contributed by atoms with van der Waals surface area (Å²) in [4.78, 5) is 2.38. The van der Waals surface area contributed by atoms with E-state index < -0.39 is 0 Å². The summed E-state index contributed by atoms with van der Waals surface area (Å²) in [6, 6.07) is 2.02. The molecule has 4 nitrogen and oxygen atoms in total. The van der Waals surface area contributed by atoms with Crippen molar-refractivity contribution < 1.29 is 9.15 Å². The van der Waals surface area contributed by atoms with Crippen molar-refractivity contribution in [2.75, 3.05) is 20.2 Å². The molecule has 1 aliphatic rings. The zero-order chi connectivity index (χ0) is 13.7. The molecule has 2 rings (SSSR count). The van der Waals surface area contributed by atoms with Gasteiger partial charge in [-0.3, -0.25) is 4.90 Å². The van der Waals surface area contributed by atoms with Crippen molar-refractivity contribution in [3.05, 3.63) is 24.2 Å². The lowest BCUT2D eigenvalue weighted by molar-refractivity contribution is -0.0691. The van der Waals surface area contributed by atoms with Gasteiger partial charge in [0.2, 0.25) is 0 Å². The summed E-state index contributed by atoms with van der Waals surface area (Å²) in [5.74, 6) is 0. The van der Waals surface area contributed by atoms with Gasteiger partial charge in [-0.2, -0.15) is 0 Å². The third-order valence-corrected chi connectivity index (χ3v) is 4.33. The fraction of sp³-hybridized carbons (Fsp3) is 0.733. The van der Waals surface area contributed by atoms with Crippen LogP contribution in [0.25, 0.3) is 0 Å². The van der Waals surface area contributed by atoms with Gasteiger partial charge in [0.05, 0.1) is 18.6 Å². The zero-order valence-corrected chi connectivity index (χ0v) is 12.1. The molecule has 1 aromatic heterocycles. The maximum atomic E-state index is 6.11. The highest BCUT2D eigenvalue weighted by atomic mass is 16.5. The first-order valence-electron chi connectivity index (χ1n) is 7.24. The van der Waals surface area contributed by atoms with E-state index in [1.807, 2.05) is 12.3 Å². The molecule has 108 valence electrons. The molecule has 0 amide bonds. The van der Waals surface area contributed by atoms with Crippen molar-refractivity contribution in [1.82, 2.24) is 4.90 Å². The van der Waals surface area contributed by atoms with Crippen LogP contribution in [0.1, 0.15) is 38.2 Å². The standard InChI is InChI=1S/C15H26N2O2/c1-3-4-14-9-15(12-16,6-8-19-14)17(2)10-13-5-7-18-11-13/h5,7,11,14H,3-4,6,8-10,12,16H2,1-2H3. The molecule has 0 aliphatic carbocycles. The Hall–Kier alpha value is -0.840. The maximum absolute atomic E-state index is 6.11. The predicted molar refractivity (Wildman–Crippen MR) is 75.8 cm³/mol. The molecule has 0 aromatic carbocycles. The van der Waals surface area contributed by atoms with E-state index in [0.717, 1.165) is 38.8 Å². The topological polar surface area (TPSA) is 51.6 Å². The minimum atomic E-state index is 0.0648. The first-order chi connectivity index (χ1) is 9.20. The van der Waals surface area contributed by atoms with E-state index in [1.54, 1.807) is 6.26 Å². The minimum Gasteiger partial charge on any atom is -0.472 e. The molecule has 0 bridgehead atoms. The number of furan rings is 1. The van der Waals surface area contributed by atoms with Gasteiger partial charge in [-0.05, 0) is 32.4 Å². The molecule has 0 radical (unpaired) electrons. The highest BCUT2D eigenvalue weighted by Crippen LogP contribution is 2.32. The molecular weight excluding hydrogens is 240 g/mol. The van der Waals surface area contributed by atoms with Crippen LogP contribution in [-0.4, -0.2) is 36.7 Å². The normalized spacial score (nSPS) is 27.9. The number of nitrogens with zero attached hydrogens (tertiary/aromatic N) is 1. The quantitative estimate of drug-likeness (QED) is 0.859. The average molecular weight is 266 g/mol. The molecule has 1 saturated heterocycles. The van der Waals surface area contributed by atoms with Crippen molar-refractivity contribution in [2.45, 2.75) is 50.8 Å². The second kappa shape index (κ2) is 6.55. The summed E-state index contributed by atoms with van der Waals surface area (Å²) >= 11 is 0. The van der Waals surface area contributed by atoms with E-state index in [2.05, 4.69) is 18.9 Å². The average Bonchev–Trinajstić information content (AvgIpc) is 2.92. The largest absolute Gasteiger partial charge is 0.472 e. The molecule has 2 heterocycles. The number of likely N-dealkylation sites (N-methyl/N-ethyl adjacent to an activating group) is 1. The third kappa shape index (κ3) is 3.38. The summed E-state index contributed by atoms with van der Waals surface area (Å²) in [7, 11) is 2.16. The van der Waals surface area contributed by atoms with Crippen molar-refractivity contribution in [3.8, 4) is 0 Å².